The number of nitrogens with zero attached hydrogens (tertiary/aromatic N) is 2. The molecule has 0 bridgehead atoms. The smallest absolute Gasteiger partial charge is 0.241 e. The van der Waals surface area contributed by atoms with Crippen molar-refractivity contribution in [2.45, 2.75) is 63.6 Å². The quantitative estimate of drug-likeness (QED) is 0.752. The maximum absolute atomic E-state index is 12.5. The van der Waals surface area contributed by atoms with E-state index >= 15 is 0 Å². The number of carbonyl (C=O) groups excluding carboxylic acids is 1. The van der Waals surface area contributed by atoms with Crippen molar-refractivity contribution in [3.8, 4) is 0 Å². The zero-order valence-electron chi connectivity index (χ0n) is 11.8. The van der Waals surface area contributed by atoms with E-state index in [2.05, 4.69) is 16.7 Å². The molecule has 1 saturated carbocycles. The number of hydrogen-bond acceptors (Lipinski definition) is 3. The molecule has 2 unspecified atom stereocenters. The van der Waals surface area contributed by atoms with Crippen LogP contribution in [-0.4, -0.2) is 54.0 Å². The molecular formula is C14H27N3O. The Morgan fingerprint density at radius 2 is 1.83 bits per heavy atom. The lowest BCUT2D eigenvalue weighted by molar-refractivity contribution is -0.146. The molecule has 0 aromatic rings. The van der Waals surface area contributed by atoms with Crippen molar-refractivity contribution >= 4 is 5.91 Å². The molecule has 1 amide bonds. The van der Waals surface area contributed by atoms with E-state index in [0.717, 1.165) is 6.54 Å². The molecule has 4 heteroatoms. The molecule has 104 valence electrons. The summed E-state index contributed by atoms with van der Waals surface area (Å²) < 4.78 is 0. The first-order valence-corrected chi connectivity index (χ1v) is 7.37. The van der Waals surface area contributed by atoms with Gasteiger partial charge < -0.3 is 10.6 Å². The lowest BCUT2D eigenvalue weighted by atomic mass is 10.0. The third-order valence-electron chi connectivity index (χ3n) is 4.70. The average molecular weight is 253 g/mol. The van der Waals surface area contributed by atoms with Gasteiger partial charge in [0.05, 0.1) is 0 Å². The molecule has 0 radical (unpaired) electrons. The van der Waals surface area contributed by atoms with Crippen LogP contribution in [0, 0.1) is 0 Å². The summed E-state index contributed by atoms with van der Waals surface area (Å²) in [4.78, 5) is 16.8. The molecule has 2 atom stereocenters. The minimum absolute atomic E-state index is 0.114. The van der Waals surface area contributed by atoms with Gasteiger partial charge in [-0.15, -0.1) is 0 Å². The Bertz CT molecular complexity index is 287. The molecule has 1 aliphatic heterocycles. The molecule has 1 aliphatic carbocycles. The number of rotatable bonds is 2. The highest BCUT2D eigenvalue weighted by atomic mass is 16.2. The lowest BCUT2D eigenvalue weighted by Crippen LogP contribution is -2.63. The van der Waals surface area contributed by atoms with Crippen molar-refractivity contribution in [1.82, 2.24) is 9.80 Å². The molecule has 0 spiro atoms. The first-order valence-electron chi connectivity index (χ1n) is 7.37. The summed E-state index contributed by atoms with van der Waals surface area (Å²) >= 11 is 0. The number of piperazine rings is 1. The summed E-state index contributed by atoms with van der Waals surface area (Å²) in [5, 5.41) is 0. The SMILES string of the molecule is CC1CN(C2CCCCCC2)C(=O)C(CN)N1C. The molecule has 2 rings (SSSR count). The van der Waals surface area contributed by atoms with E-state index in [9.17, 15) is 4.79 Å². The van der Waals surface area contributed by atoms with E-state index in [4.69, 9.17) is 5.73 Å². The second-order valence-electron chi connectivity index (χ2n) is 5.90. The highest BCUT2D eigenvalue weighted by Gasteiger charge is 2.38. The summed E-state index contributed by atoms with van der Waals surface area (Å²) in [5.41, 5.74) is 5.78. The van der Waals surface area contributed by atoms with Crippen LogP contribution in [-0.2, 0) is 4.79 Å². The van der Waals surface area contributed by atoms with Gasteiger partial charge in [-0.3, -0.25) is 9.69 Å². The van der Waals surface area contributed by atoms with Crippen molar-refractivity contribution in [3.63, 3.8) is 0 Å². The minimum Gasteiger partial charge on any atom is -0.337 e. The fourth-order valence-electron chi connectivity index (χ4n) is 3.34. The van der Waals surface area contributed by atoms with Crippen molar-refractivity contribution in [2.75, 3.05) is 20.1 Å². The van der Waals surface area contributed by atoms with E-state index in [1.165, 1.54) is 38.5 Å². The molecule has 2 aliphatic rings. The Morgan fingerprint density at radius 3 is 2.39 bits per heavy atom. The molecule has 1 heterocycles. The molecule has 2 fully saturated rings. The lowest BCUT2D eigenvalue weighted by Gasteiger charge is -2.45. The Morgan fingerprint density at radius 1 is 1.22 bits per heavy atom. The topological polar surface area (TPSA) is 49.6 Å². The first-order chi connectivity index (χ1) is 8.65. The van der Waals surface area contributed by atoms with E-state index in [1.807, 2.05) is 7.05 Å². The van der Waals surface area contributed by atoms with Crippen molar-refractivity contribution < 1.29 is 4.79 Å². The Kier molecular flexibility index (Phi) is 4.62. The maximum atomic E-state index is 12.5. The number of nitrogens with two attached hydrogens (primary N) is 1. The van der Waals surface area contributed by atoms with Crippen molar-refractivity contribution in [2.24, 2.45) is 5.73 Å². The zero-order chi connectivity index (χ0) is 13.1. The molecule has 0 aromatic heterocycles. The van der Waals surface area contributed by atoms with Gasteiger partial charge in [0.2, 0.25) is 5.91 Å². The van der Waals surface area contributed by atoms with Crippen LogP contribution in [0.3, 0.4) is 0 Å². The van der Waals surface area contributed by atoms with Gasteiger partial charge in [-0.2, -0.15) is 0 Å². The summed E-state index contributed by atoms with van der Waals surface area (Å²) in [6, 6.07) is 0.765. The molecule has 2 N–H and O–H groups in total. The molecule has 0 aromatic carbocycles. The second-order valence-corrected chi connectivity index (χ2v) is 5.90. The number of carbonyl (C=O) groups is 1. The molecule has 1 saturated heterocycles. The van der Waals surface area contributed by atoms with Crippen LogP contribution in [0.4, 0.5) is 0 Å². The number of amides is 1. The van der Waals surface area contributed by atoms with Gasteiger partial charge in [-0.1, -0.05) is 25.7 Å². The highest BCUT2D eigenvalue weighted by molar-refractivity contribution is 5.83. The summed E-state index contributed by atoms with van der Waals surface area (Å²) in [6.07, 6.45) is 7.56. The molecule has 4 nitrogen and oxygen atoms in total. The van der Waals surface area contributed by atoms with Crippen LogP contribution in [0.25, 0.3) is 0 Å². The first kappa shape index (κ1) is 13.8. The predicted molar refractivity (Wildman–Crippen MR) is 73.3 cm³/mol. The van der Waals surface area contributed by atoms with Crippen LogP contribution in [0.15, 0.2) is 0 Å². The van der Waals surface area contributed by atoms with Gasteiger partial charge in [0, 0.05) is 25.2 Å². The molecular weight excluding hydrogens is 226 g/mol. The minimum atomic E-state index is -0.114. The maximum Gasteiger partial charge on any atom is 0.241 e. The van der Waals surface area contributed by atoms with Gasteiger partial charge in [0.25, 0.3) is 0 Å². The third-order valence-corrected chi connectivity index (χ3v) is 4.70. The fourth-order valence-corrected chi connectivity index (χ4v) is 3.34. The van der Waals surface area contributed by atoms with E-state index in [0.29, 0.717) is 18.6 Å². The Hall–Kier alpha value is -0.610. The van der Waals surface area contributed by atoms with Gasteiger partial charge in [0.15, 0.2) is 0 Å². The standard InChI is InChI=1S/C14H27N3O/c1-11-10-17(12-7-5-3-4-6-8-12)14(18)13(9-15)16(11)2/h11-13H,3-10,15H2,1-2H3. The summed E-state index contributed by atoms with van der Waals surface area (Å²) in [5.74, 6) is 0.255. The Balaban J connectivity index is 2.08. The van der Waals surface area contributed by atoms with E-state index < -0.39 is 0 Å². The highest BCUT2D eigenvalue weighted by Crippen LogP contribution is 2.26. The second kappa shape index (κ2) is 6.02. The van der Waals surface area contributed by atoms with Gasteiger partial charge >= 0.3 is 0 Å². The van der Waals surface area contributed by atoms with Gasteiger partial charge in [0.1, 0.15) is 6.04 Å². The van der Waals surface area contributed by atoms with E-state index in [-0.39, 0.29) is 11.9 Å². The van der Waals surface area contributed by atoms with Crippen LogP contribution in [0.5, 0.6) is 0 Å². The monoisotopic (exact) mass is 253 g/mol. The number of likely N-dealkylation sites (N-methyl/N-ethyl adjacent to an activating group) is 1. The zero-order valence-corrected chi connectivity index (χ0v) is 11.8. The van der Waals surface area contributed by atoms with Crippen LogP contribution in [0.2, 0.25) is 0 Å². The van der Waals surface area contributed by atoms with Crippen molar-refractivity contribution in [1.29, 1.82) is 0 Å². The Labute approximate surface area is 110 Å². The van der Waals surface area contributed by atoms with Crippen molar-refractivity contribution in [3.05, 3.63) is 0 Å². The third kappa shape index (κ3) is 2.69. The largest absolute Gasteiger partial charge is 0.337 e. The molecule has 18 heavy (non-hydrogen) atoms. The van der Waals surface area contributed by atoms with Crippen LogP contribution < -0.4 is 5.73 Å². The van der Waals surface area contributed by atoms with Gasteiger partial charge in [-0.25, -0.2) is 0 Å². The fraction of sp³-hybridized carbons (Fsp3) is 0.929. The number of hydrogen-bond donors (Lipinski definition) is 1. The average Bonchev–Trinajstić information content (AvgIpc) is 2.63. The summed E-state index contributed by atoms with van der Waals surface area (Å²) in [7, 11) is 2.02. The van der Waals surface area contributed by atoms with Crippen LogP contribution >= 0.6 is 0 Å². The predicted octanol–water partition coefficient (Wildman–Crippen LogP) is 1.20. The van der Waals surface area contributed by atoms with Gasteiger partial charge in [-0.05, 0) is 26.8 Å². The van der Waals surface area contributed by atoms with Crippen LogP contribution in [0.1, 0.15) is 45.4 Å². The normalized spacial score (nSPS) is 32.6. The summed E-state index contributed by atoms with van der Waals surface area (Å²) in [6.45, 7) is 3.50. The van der Waals surface area contributed by atoms with E-state index in [1.54, 1.807) is 0 Å².